The number of anilines is 1. The van der Waals surface area contributed by atoms with Crippen molar-refractivity contribution in [3.8, 4) is 5.75 Å². The van der Waals surface area contributed by atoms with E-state index in [-0.39, 0.29) is 11.8 Å². The third kappa shape index (κ3) is 2.76. The van der Waals surface area contributed by atoms with Gasteiger partial charge in [0.2, 0.25) is 5.91 Å². The molecule has 4 heteroatoms. The Labute approximate surface area is 124 Å². The van der Waals surface area contributed by atoms with Gasteiger partial charge in [0.15, 0.2) is 0 Å². The van der Waals surface area contributed by atoms with Gasteiger partial charge in [-0.3, -0.25) is 4.79 Å². The van der Waals surface area contributed by atoms with Crippen molar-refractivity contribution in [1.29, 1.82) is 0 Å². The molecule has 4 nitrogen and oxygen atoms in total. The molecule has 1 heterocycles. The topological polar surface area (TPSA) is 50.4 Å². The first-order valence-corrected chi connectivity index (χ1v) is 7.02. The molecule has 0 saturated carbocycles. The van der Waals surface area contributed by atoms with Gasteiger partial charge in [0.1, 0.15) is 5.75 Å². The average Bonchev–Trinajstić information content (AvgIpc) is 2.54. The summed E-state index contributed by atoms with van der Waals surface area (Å²) in [7, 11) is 1.60. The Morgan fingerprint density at radius 2 is 1.95 bits per heavy atom. The molecular formula is C17H18N2O2. The van der Waals surface area contributed by atoms with Crippen LogP contribution in [0.3, 0.4) is 0 Å². The first-order valence-electron chi connectivity index (χ1n) is 7.02. The standard InChI is InChI=1S/C17H18N2O2/c1-21-16-9-5-4-8-15(16)19-17(20)14-11-18-10-12-6-2-3-7-13(12)14/h2-9,14,18H,10-11H2,1H3,(H,19,20). The van der Waals surface area contributed by atoms with Gasteiger partial charge in [0.25, 0.3) is 0 Å². The number of ether oxygens (including phenoxy) is 1. The highest BCUT2D eigenvalue weighted by Gasteiger charge is 2.26. The molecule has 2 N–H and O–H groups in total. The number of amides is 1. The molecule has 0 spiro atoms. The third-order valence-corrected chi connectivity index (χ3v) is 3.78. The van der Waals surface area contributed by atoms with Crippen LogP contribution in [-0.4, -0.2) is 19.6 Å². The molecule has 0 aromatic heterocycles. The highest BCUT2D eigenvalue weighted by Crippen LogP contribution is 2.28. The Morgan fingerprint density at radius 1 is 1.19 bits per heavy atom. The molecule has 108 valence electrons. The van der Waals surface area contributed by atoms with Gasteiger partial charge < -0.3 is 15.4 Å². The van der Waals surface area contributed by atoms with Crippen molar-refractivity contribution in [1.82, 2.24) is 5.32 Å². The molecule has 1 aliphatic heterocycles. The smallest absolute Gasteiger partial charge is 0.233 e. The van der Waals surface area contributed by atoms with Gasteiger partial charge in [0, 0.05) is 13.1 Å². The second kappa shape index (κ2) is 5.97. The lowest BCUT2D eigenvalue weighted by molar-refractivity contribution is -0.117. The predicted octanol–water partition coefficient (Wildman–Crippen LogP) is 2.52. The molecule has 2 aromatic carbocycles. The third-order valence-electron chi connectivity index (χ3n) is 3.78. The van der Waals surface area contributed by atoms with Gasteiger partial charge in [-0.1, -0.05) is 36.4 Å². The van der Waals surface area contributed by atoms with Crippen molar-refractivity contribution in [2.45, 2.75) is 12.5 Å². The zero-order valence-corrected chi connectivity index (χ0v) is 11.9. The SMILES string of the molecule is COc1ccccc1NC(=O)C1CNCc2ccccc21. The van der Waals surface area contributed by atoms with Crippen LogP contribution in [0.5, 0.6) is 5.75 Å². The van der Waals surface area contributed by atoms with E-state index in [9.17, 15) is 4.79 Å². The summed E-state index contributed by atoms with van der Waals surface area (Å²) in [6.45, 7) is 1.46. The van der Waals surface area contributed by atoms with Crippen molar-refractivity contribution < 1.29 is 9.53 Å². The number of rotatable bonds is 3. The van der Waals surface area contributed by atoms with Crippen molar-refractivity contribution >= 4 is 11.6 Å². The summed E-state index contributed by atoms with van der Waals surface area (Å²) in [4.78, 5) is 12.6. The lowest BCUT2D eigenvalue weighted by Gasteiger charge is -2.25. The number of para-hydroxylation sites is 2. The van der Waals surface area contributed by atoms with Gasteiger partial charge in [-0.25, -0.2) is 0 Å². The van der Waals surface area contributed by atoms with E-state index in [2.05, 4.69) is 16.7 Å². The monoisotopic (exact) mass is 282 g/mol. The van der Waals surface area contributed by atoms with Crippen LogP contribution in [0, 0.1) is 0 Å². The van der Waals surface area contributed by atoms with Crippen LogP contribution in [0.4, 0.5) is 5.69 Å². The summed E-state index contributed by atoms with van der Waals surface area (Å²) in [5.74, 6) is 0.474. The van der Waals surface area contributed by atoms with E-state index in [0.717, 1.165) is 12.1 Å². The van der Waals surface area contributed by atoms with Gasteiger partial charge in [-0.2, -0.15) is 0 Å². The quantitative estimate of drug-likeness (QED) is 0.909. The van der Waals surface area contributed by atoms with E-state index in [1.165, 1.54) is 5.56 Å². The first-order chi connectivity index (χ1) is 10.3. The molecule has 1 aliphatic rings. The summed E-state index contributed by atoms with van der Waals surface area (Å²) in [5.41, 5.74) is 2.99. The fourth-order valence-electron chi connectivity index (χ4n) is 2.70. The molecule has 1 unspecified atom stereocenters. The molecular weight excluding hydrogens is 264 g/mol. The number of methoxy groups -OCH3 is 1. The summed E-state index contributed by atoms with van der Waals surface area (Å²) in [6.07, 6.45) is 0. The lowest BCUT2D eigenvalue weighted by atomic mass is 9.90. The Bertz CT molecular complexity index is 655. The second-order valence-corrected chi connectivity index (χ2v) is 5.07. The fraction of sp³-hybridized carbons (Fsp3) is 0.235. The normalized spacial score (nSPS) is 16.9. The Kier molecular flexibility index (Phi) is 3.88. The maximum atomic E-state index is 12.6. The molecule has 0 bridgehead atoms. The number of fused-ring (bicyclic) bond motifs is 1. The van der Waals surface area contributed by atoms with E-state index >= 15 is 0 Å². The predicted molar refractivity (Wildman–Crippen MR) is 82.5 cm³/mol. The second-order valence-electron chi connectivity index (χ2n) is 5.07. The van der Waals surface area contributed by atoms with E-state index in [4.69, 9.17) is 4.74 Å². The first kappa shape index (κ1) is 13.6. The van der Waals surface area contributed by atoms with E-state index in [0.29, 0.717) is 18.0 Å². The van der Waals surface area contributed by atoms with E-state index in [1.54, 1.807) is 7.11 Å². The number of nitrogens with one attached hydrogen (secondary N) is 2. The highest BCUT2D eigenvalue weighted by molar-refractivity contribution is 5.97. The maximum Gasteiger partial charge on any atom is 0.233 e. The largest absolute Gasteiger partial charge is 0.495 e. The molecule has 1 atom stereocenters. The summed E-state index contributed by atoms with van der Waals surface area (Å²) in [5, 5.41) is 6.26. The van der Waals surface area contributed by atoms with E-state index < -0.39 is 0 Å². The van der Waals surface area contributed by atoms with Crippen LogP contribution < -0.4 is 15.4 Å². The molecule has 3 rings (SSSR count). The molecule has 1 amide bonds. The average molecular weight is 282 g/mol. The Hall–Kier alpha value is -2.33. The minimum Gasteiger partial charge on any atom is -0.495 e. The number of carbonyl (C=O) groups excluding carboxylic acids is 1. The van der Waals surface area contributed by atoms with Gasteiger partial charge in [-0.05, 0) is 23.3 Å². The summed E-state index contributed by atoms with van der Waals surface area (Å²) in [6, 6.07) is 15.5. The Balaban J connectivity index is 1.84. The molecule has 21 heavy (non-hydrogen) atoms. The minimum absolute atomic E-state index is 0.0147. The molecule has 0 saturated heterocycles. The van der Waals surface area contributed by atoms with Crippen molar-refractivity contribution in [3.05, 3.63) is 59.7 Å². The summed E-state index contributed by atoms with van der Waals surface area (Å²) >= 11 is 0. The van der Waals surface area contributed by atoms with E-state index in [1.807, 2.05) is 42.5 Å². The highest BCUT2D eigenvalue weighted by atomic mass is 16.5. The maximum absolute atomic E-state index is 12.6. The molecule has 0 radical (unpaired) electrons. The zero-order valence-electron chi connectivity index (χ0n) is 11.9. The van der Waals surface area contributed by atoms with Gasteiger partial charge >= 0.3 is 0 Å². The number of benzene rings is 2. The lowest BCUT2D eigenvalue weighted by Crippen LogP contribution is -2.35. The van der Waals surface area contributed by atoms with Crippen LogP contribution in [0.25, 0.3) is 0 Å². The fourth-order valence-corrected chi connectivity index (χ4v) is 2.70. The molecule has 2 aromatic rings. The van der Waals surface area contributed by atoms with Crippen molar-refractivity contribution in [2.24, 2.45) is 0 Å². The number of hydrogen-bond acceptors (Lipinski definition) is 3. The van der Waals surface area contributed by atoms with Crippen molar-refractivity contribution in [2.75, 3.05) is 19.0 Å². The van der Waals surface area contributed by atoms with Crippen LogP contribution in [-0.2, 0) is 11.3 Å². The van der Waals surface area contributed by atoms with Crippen LogP contribution >= 0.6 is 0 Å². The van der Waals surface area contributed by atoms with Crippen molar-refractivity contribution in [3.63, 3.8) is 0 Å². The molecule has 0 fully saturated rings. The number of carbonyl (C=O) groups is 1. The molecule has 0 aliphatic carbocycles. The minimum atomic E-state index is -0.181. The zero-order chi connectivity index (χ0) is 14.7. The van der Waals surface area contributed by atoms with Crippen LogP contribution in [0.2, 0.25) is 0 Å². The Morgan fingerprint density at radius 3 is 2.81 bits per heavy atom. The van der Waals surface area contributed by atoms with Crippen LogP contribution in [0.1, 0.15) is 17.0 Å². The van der Waals surface area contributed by atoms with Crippen LogP contribution in [0.15, 0.2) is 48.5 Å². The summed E-state index contributed by atoms with van der Waals surface area (Å²) < 4.78 is 5.27. The number of hydrogen-bond donors (Lipinski definition) is 2. The van der Waals surface area contributed by atoms with Gasteiger partial charge in [-0.15, -0.1) is 0 Å². The van der Waals surface area contributed by atoms with Gasteiger partial charge in [0.05, 0.1) is 18.7 Å².